The molecule has 1 aliphatic heterocycles. The fourth-order valence-electron chi connectivity index (χ4n) is 2.86. The number of piperidine rings is 1. The molecule has 1 amide bonds. The Hall–Kier alpha value is -1.42. The number of amides is 1. The molecule has 0 radical (unpaired) electrons. The van der Waals surface area contributed by atoms with Gasteiger partial charge in [0, 0.05) is 5.56 Å². The molecule has 0 aromatic heterocycles. The standard InChI is InChI=1S/C16H23FN2O/c1-11(12-7-4-5-8-13(12)17)19-15(20)14-16(2,3)9-6-10-18-14/h4-5,7-8,11,14,18H,6,9-10H2,1-3H3,(H,19,20). The number of carbonyl (C=O) groups excluding carboxylic acids is 1. The molecule has 2 N–H and O–H groups in total. The van der Waals surface area contributed by atoms with Gasteiger partial charge in [-0.05, 0) is 37.8 Å². The van der Waals surface area contributed by atoms with E-state index in [2.05, 4.69) is 24.5 Å². The van der Waals surface area contributed by atoms with Gasteiger partial charge in [-0.2, -0.15) is 0 Å². The summed E-state index contributed by atoms with van der Waals surface area (Å²) >= 11 is 0. The van der Waals surface area contributed by atoms with Crippen LogP contribution in [0.15, 0.2) is 24.3 Å². The summed E-state index contributed by atoms with van der Waals surface area (Å²) < 4.78 is 13.7. The molecule has 1 aliphatic rings. The lowest BCUT2D eigenvalue weighted by Crippen LogP contribution is -2.55. The Kier molecular flexibility index (Phi) is 4.43. The van der Waals surface area contributed by atoms with Crippen LogP contribution in [-0.4, -0.2) is 18.5 Å². The third kappa shape index (κ3) is 3.18. The minimum atomic E-state index is -0.330. The second kappa shape index (κ2) is 5.92. The highest BCUT2D eigenvalue weighted by Gasteiger charge is 2.37. The van der Waals surface area contributed by atoms with Crippen LogP contribution in [0.3, 0.4) is 0 Å². The minimum Gasteiger partial charge on any atom is -0.348 e. The van der Waals surface area contributed by atoms with Gasteiger partial charge in [-0.15, -0.1) is 0 Å². The van der Waals surface area contributed by atoms with Gasteiger partial charge in [-0.1, -0.05) is 32.0 Å². The first-order valence-electron chi connectivity index (χ1n) is 7.20. The van der Waals surface area contributed by atoms with Crippen molar-refractivity contribution in [3.8, 4) is 0 Å². The van der Waals surface area contributed by atoms with Gasteiger partial charge in [0.2, 0.25) is 5.91 Å². The van der Waals surface area contributed by atoms with Crippen molar-refractivity contribution in [1.82, 2.24) is 10.6 Å². The number of benzene rings is 1. The van der Waals surface area contributed by atoms with Crippen LogP contribution in [0.1, 0.15) is 45.2 Å². The van der Waals surface area contributed by atoms with E-state index in [1.807, 2.05) is 6.92 Å². The molecule has 1 saturated heterocycles. The maximum atomic E-state index is 13.7. The van der Waals surface area contributed by atoms with Crippen LogP contribution in [-0.2, 0) is 4.79 Å². The third-order valence-corrected chi connectivity index (χ3v) is 4.12. The number of carbonyl (C=O) groups is 1. The van der Waals surface area contributed by atoms with Crippen molar-refractivity contribution >= 4 is 5.91 Å². The molecule has 2 unspecified atom stereocenters. The molecule has 0 saturated carbocycles. The van der Waals surface area contributed by atoms with E-state index in [9.17, 15) is 9.18 Å². The third-order valence-electron chi connectivity index (χ3n) is 4.12. The summed E-state index contributed by atoms with van der Waals surface area (Å²) in [6.07, 6.45) is 2.10. The van der Waals surface area contributed by atoms with E-state index in [4.69, 9.17) is 0 Å². The highest BCUT2D eigenvalue weighted by atomic mass is 19.1. The van der Waals surface area contributed by atoms with Gasteiger partial charge in [0.05, 0.1) is 12.1 Å². The quantitative estimate of drug-likeness (QED) is 0.892. The average molecular weight is 278 g/mol. The van der Waals surface area contributed by atoms with Crippen LogP contribution >= 0.6 is 0 Å². The largest absolute Gasteiger partial charge is 0.348 e. The molecule has 2 rings (SSSR count). The van der Waals surface area contributed by atoms with Crippen LogP contribution in [0.2, 0.25) is 0 Å². The van der Waals surface area contributed by atoms with Gasteiger partial charge in [-0.25, -0.2) is 4.39 Å². The van der Waals surface area contributed by atoms with Crippen molar-refractivity contribution in [2.45, 2.75) is 45.7 Å². The van der Waals surface area contributed by atoms with E-state index in [0.717, 1.165) is 19.4 Å². The van der Waals surface area contributed by atoms with Crippen molar-refractivity contribution in [3.05, 3.63) is 35.6 Å². The lowest BCUT2D eigenvalue weighted by atomic mass is 9.77. The second-order valence-electron chi connectivity index (χ2n) is 6.23. The van der Waals surface area contributed by atoms with E-state index in [0.29, 0.717) is 5.56 Å². The molecule has 3 nitrogen and oxygen atoms in total. The predicted octanol–water partition coefficient (Wildman–Crippen LogP) is 2.78. The van der Waals surface area contributed by atoms with Gasteiger partial charge in [0.25, 0.3) is 0 Å². The SMILES string of the molecule is CC(NC(=O)C1NCCCC1(C)C)c1ccccc1F. The molecular formula is C16H23FN2O. The number of hydrogen-bond donors (Lipinski definition) is 2. The molecule has 1 fully saturated rings. The van der Waals surface area contributed by atoms with Gasteiger partial charge in [0.15, 0.2) is 0 Å². The summed E-state index contributed by atoms with van der Waals surface area (Å²) in [5.74, 6) is -0.332. The smallest absolute Gasteiger partial charge is 0.238 e. The van der Waals surface area contributed by atoms with Gasteiger partial charge in [0.1, 0.15) is 5.82 Å². The normalized spacial score (nSPS) is 23.1. The molecule has 20 heavy (non-hydrogen) atoms. The zero-order valence-electron chi connectivity index (χ0n) is 12.4. The Labute approximate surface area is 120 Å². The minimum absolute atomic E-state index is 0.0505. The maximum absolute atomic E-state index is 13.7. The Morgan fingerprint density at radius 2 is 2.15 bits per heavy atom. The molecule has 2 atom stereocenters. The summed E-state index contributed by atoms with van der Waals surface area (Å²) in [4.78, 5) is 12.4. The topological polar surface area (TPSA) is 41.1 Å². The summed E-state index contributed by atoms with van der Waals surface area (Å²) in [6.45, 7) is 6.86. The van der Waals surface area contributed by atoms with Crippen LogP contribution < -0.4 is 10.6 Å². The molecular weight excluding hydrogens is 255 g/mol. The number of hydrogen-bond acceptors (Lipinski definition) is 2. The Bertz CT molecular complexity index is 487. The molecule has 0 aliphatic carbocycles. The van der Waals surface area contributed by atoms with Gasteiger partial charge < -0.3 is 10.6 Å². The molecule has 1 aromatic rings. The number of rotatable bonds is 3. The molecule has 0 bridgehead atoms. The fourth-order valence-corrected chi connectivity index (χ4v) is 2.86. The van der Waals surface area contributed by atoms with Crippen molar-refractivity contribution in [1.29, 1.82) is 0 Å². The Morgan fingerprint density at radius 1 is 1.45 bits per heavy atom. The van der Waals surface area contributed by atoms with E-state index in [-0.39, 0.29) is 29.2 Å². The zero-order valence-corrected chi connectivity index (χ0v) is 12.4. The van der Waals surface area contributed by atoms with Crippen LogP contribution in [0, 0.1) is 11.2 Å². The van der Waals surface area contributed by atoms with Crippen LogP contribution in [0.4, 0.5) is 4.39 Å². The van der Waals surface area contributed by atoms with Crippen LogP contribution in [0.5, 0.6) is 0 Å². The molecule has 110 valence electrons. The zero-order chi connectivity index (χ0) is 14.8. The van der Waals surface area contributed by atoms with Gasteiger partial charge in [-0.3, -0.25) is 4.79 Å². The van der Waals surface area contributed by atoms with E-state index < -0.39 is 0 Å². The molecule has 0 spiro atoms. The lowest BCUT2D eigenvalue weighted by molar-refractivity contribution is -0.127. The summed E-state index contributed by atoms with van der Waals surface area (Å²) in [7, 11) is 0. The fraction of sp³-hybridized carbons (Fsp3) is 0.562. The number of nitrogens with one attached hydrogen (secondary N) is 2. The summed E-state index contributed by atoms with van der Waals surface area (Å²) in [6, 6.07) is 6.01. The van der Waals surface area contributed by atoms with E-state index >= 15 is 0 Å². The molecule has 1 heterocycles. The Morgan fingerprint density at radius 3 is 2.80 bits per heavy atom. The Balaban J connectivity index is 2.06. The molecule has 4 heteroatoms. The van der Waals surface area contributed by atoms with Crippen molar-refractivity contribution < 1.29 is 9.18 Å². The van der Waals surface area contributed by atoms with E-state index in [1.54, 1.807) is 18.2 Å². The maximum Gasteiger partial charge on any atom is 0.238 e. The van der Waals surface area contributed by atoms with E-state index in [1.165, 1.54) is 6.07 Å². The first kappa shape index (κ1) is 15.0. The monoisotopic (exact) mass is 278 g/mol. The number of halogens is 1. The van der Waals surface area contributed by atoms with Crippen molar-refractivity contribution in [2.24, 2.45) is 5.41 Å². The second-order valence-corrected chi connectivity index (χ2v) is 6.23. The average Bonchev–Trinajstić information content (AvgIpc) is 2.38. The van der Waals surface area contributed by atoms with Crippen LogP contribution in [0.25, 0.3) is 0 Å². The highest BCUT2D eigenvalue weighted by molar-refractivity contribution is 5.83. The molecule has 1 aromatic carbocycles. The van der Waals surface area contributed by atoms with Gasteiger partial charge >= 0.3 is 0 Å². The summed E-state index contributed by atoms with van der Waals surface area (Å²) in [5, 5.41) is 6.20. The highest BCUT2D eigenvalue weighted by Crippen LogP contribution is 2.30. The summed E-state index contributed by atoms with van der Waals surface area (Å²) in [5.41, 5.74) is 0.451. The predicted molar refractivity (Wildman–Crippen MR) is 77.8 cm³/mol. The lowest BCUT2D eigenvalue weighted by Gasteiger charge is -2.38. The van der Waals surface area contributed by atoms with Crippen molar-refractivity contribution in [2.75, 3.05) is 6.54 Å². The first-order chi connectivity index (χ1) is 9.42. The first-order valence-corrected chi connectivity index (χ1v) is 7.20. The van der Waals surface area contributed by atoms with Crippen molar-refractivity contribution in [3.63, 3.8) is 0 Å².